The topological polar surface area (TPSA) is 41.1 Å². The van der Waals surface area contributed by atoms with Crippen molar-refractivity contribution in [1.82, 2.24) is 10.6 Å². The number of hydrogen-bond acceptors (Lipinski definition) is 3. The Morgan fingerprint density at radius 3 is 3.00 bits per heavy atom. The molecule has 3 unspecified atom stereocenters. The van der Waals surface area contributed by atoms with Gasteiger partial charge in [-0.2, -0.15) is 0 Å². The molecule has 2 N–H and O–H groups in total. The van der Waals surface area contributed by atoms with E-state index in [0.29, 0.717) is 12.1 Å². The number of piperidine rings is 1. The van der Waals surface area contributed by atoms with E-state index in [2.05, 4.69) is 17.6 Å². The molecule has 1 aliphatic heterocycles. The number of hydrogen-bond donors (Lipinski definition) is 2. The molecule has 1 rings (SSSR count). The molecule has 0 radical (unpaired) electrons. The maximum atomic E-state index is 10.9. The molecular formula is C10H22N2OS. The van der Waals surface area contributed by atoms with Gasteiger partial charge >= 0.3 is 0 Å². The Labute approximate surface area is 89.5 Å². The molecule has 84 valence electrons. The fraction of sp³-hybridized carbons (Fsp3) is 1.00. The Morgan fingerprint density at radius 1 is 1.64 bits per heavy atom. The number of nitrogens with one attached hydrogen (secondary N) is 2. The molecule has 0 aromatic carbocycles. The van der Waals surface area contributed by atoms with Crippen LogP contribution in [0.25, 0.3) is 0 Å². The van der Waals surface area contributed by atoms with E-state index < -0.39 is 10.8 Å². The van der Waals surface area contributed by atoms with Gasteiger partial charge in [-0.1, -0.05) is 0 Å². The van der Waals surface area contributed by atoms with E-state index in [4.69, 9.17) is 0 Å². The summed E-state index contributed by atoms with van der Waals surface area (Å²) in [4.78, 5) is 0. The summed E-state index contributed by atoms with van der Waals surface area (Å²) < 4.78 is 10.9. The van der Waals surface area contributed by atoms with Crippen molar-refractivity contribution >= 4 is 10.8 Å². The summed E-state index contributed by atoms with van der Waals surface area (Å²) in [6, 6.07) is 1.10. The highest BCUT2D eigenvalue weighted by atomic mass is 32.2. The van der Waals surface area contributed by atoms with Gasteiger partial charge in [0.1, 0.15) is 0 Å². The first-order valence-corrected chi connectivity index (χ1v) is 7.18. The Morgan fingerprint density at radius 2 is 2.43 bits per heavy atom. The summed E-state index contributed by atoms with van der Waals surface area (Å²) in [7, 11) is -0.648. The molecule has 0 spiro atoms. The van der Waals surface area contributed by atoms with Gasteiger partial charge in [0.05, 0.1) is 0 Å². The molecule has 0 aliphatic carbocycles. The van der Waals surface area contributed by atoms with Crippen molar-refractivity contribution < 1.29 is 4.21 Å². The average Bonchev–Trinajstić information content (AvgIpc) is 2.16. The lowest BCUT2D eigenvalue weighted by Crippen LogP contribution is -2.46. The van der Waals surface area contributed by atoms with Gasteiger partial charge < -0.3 is 10.6 Å². The fourth-order valence-electron chi connectivity index (χ4n) is 1.82. The molecule has 1 fully saturated rings. The normalized spacial score (nSPS) is 27.1. The van der Waals surface area contributed by atoms with Gasteiger partial charge in [0.25, 0.3) is 0 Å². The van der Waals surface area contributed by atoms with E-state index in [-0.39, 0.29) is 0 Å². The zero-order chi connectivity index (χ0) is 10.4. The molecule has 0 saturated carbocycles. The first-order chi connectivity index (χ1) is 6.68. The van der Waals surface area contributed by atoms with Crippen LogP contribution < -0.4 is 10.6 Å². The molecule has 1 heterocycles. The van der Waals surface area contributed by atoms with E-state index in [0.717, 1.165) is 25.3 Å². The van der Waals surface area contributed by atoms with Crippen molar-refractivity contribution in [2.45, 2.75) is 38.3 Å². The van der Waals surface area contributed by atoms with Gasteiger partial charge in [0, 0.05) is 41.4 Å². The van der Waals surface area contributed by atoms with Crippen LogP contribution in [0.2, 0.25) is 0 Å². The van der Waals surface area contributed by atoms with Crippen molar-refractivity contribution in [2.75, 3.05) is 25.1 Å². The van der Waals surface area contributed by atoms with Crippen molar-refractivity contribution in [3.63, 3.8) is 0 Å². The summed E-state index contributed by atoms with van der Waals surface area (Å²) in [5.41, 5.74) is 0. The molecule has 0 bridgehead atoms. The van der Waals surface area contributed by atoms with E-state index in [1.54, 1.807) is 6.26 Å². The van der Waals surface area contributed by atoms with Crippen LogP contribution in [0.3, 0.4) is 0 Å². The first-order valence-electron chi connectivity index (χ1n) is 5.45. The van der Waals surface area contributed by atoms with Crippen LogP contribution >= 0.6 is 0 Å². The third-order valence-corrected chi connectivity index (χ3v) is 3.47. The lowest BCUT2D eigenvalue weighted by Gasteiger charge is -2.27. The fourth-order valence-corrected chi connectivity index (χ4v) is 2.51. The minimum atomic E-state index is -0.648. The van der Waals surface area contributed by atoms with Crippen LogP contribution in [0.15, 0.2) is 0 Å². The smallest absolute Gasteiger partial charge is 0.0246 e. The van der Waals surface area contributed by atoms with Gasteiger partial charge in [-0.25, -0.2) is 0 Å². The molecule has 3 nitrogen and oxygen atoms in total. The standard InChI is InChI=1S/C10H22N2OS/c1-9(5-7-14(2)13)12-10-4-3-6-11-8-10/h9-12H,3-8H2,1-2H3. The molecule has 14 heavy (non-hydrogen) atoms. The second-order valence-corrected chi connectivity index (χ2v) is 5.73. The molecule has 0 amide bonds. The van der Waals surface area contributed by atoms with E-state index >= 15 is 0 Å². The summed E-state index contributed by atoms with van der Waals surface area (Å²) >= 11 is 0. The van der Waals surface area contributed by atoms with Gasteiger partial charge in [-0.3, -0.25) is 4.21 Å². The predicted molar refractivity (Wildman–Crippen MR) is 62.0 cm³/mol. The van der Waals surface area contributed by atoms with Gasteiger partial charge in [0.15, 0.2) is 0 Å². The molecular weight excluding hydrogens is 196 g/mol. The highest BCUT2D eigenvalue weighted by molar-refractivity contribution is 7.84. The molecule has 3 atom stereocenters. The average molecular weight is 218 g/mol. The summed E-state index contributed by atoms with van der Waals surface area (Å²) in [5, 5.41) is 6.96. The summed E-state index contributed by atoms with van der Waals surface area (Å²) in [5.74, 6) is 0.814. The second kappa shape index (κ2) is 6.53. The van der Waals surface area contributed by atoms with Crippen molar-refractivity contribution in [3.8, 4) is 0 Å². The highest BCUT2D eigenvalue weighted by Crippen LogP contribution is 2.03. The minimum absolute atomic E-state index is 0.490. The Kier molecular flexibility index (Phi) is 5.67. The molecule has 4 heteroatoms. The van der Waals surface area contributed by atoms with E-state index in [1.165, 1.54) is 12.8 Å². The molecule has 0 aromatic rings. The van der Waals surface area contributed by atoms with E-state index in [9.17, 15) is 4.21 Å². The van der Waals surface area contributed by atoms with Crippen LogP contribution in [0.5, 0.6) is 0 Å². The van der Waals surface area contributed by atoms with Crippen LogP contribution in [-0.4, -0.2) is 41.4 Å². The van der Waals surface area contributed by atoms with Crippen LogP contribution in [0, 0.1) is 0 Å². The van der Waals surface area contributed by atoms with E-state index in [1.807, 2.05) is 0 Å². The van der Waals surface area contributed by atoms with Gasteiger partial charge in [-0.05, 0) is 32.7 Å². The quantitative estimate of drug-likeness (QED) is 0.705. The largest absolute Gasteiger partial charge is 0.315 e. The summed E-state index contributed by atoms with van der Waals surface area (Å²) in [6.45, 7) is 4.42. The summed E-state index contributed by atoms with van der Waals surface area (Å²) in [6.07, 6.45) is 5.32. The maximum Gasteiger partial charge on any atom is 0.0246 e. The Bertz CT molecular complexity index is 181. The zero-order valence-corrected chi connectivity index (χ0v) is 10.0. The van der Waals surface area contributed by atoms with Gasteiger partial charge in [0.2, 0.25) is 0 Å². The zero-order valence-electron chi connectivity index (χ0n) is 9.21. The van der Waals surface area contributed by atoms with Gasteiger partial charge in [-0.15, -0.1) is 0 Å². The SMILES string of the molecule is CC(CCS(C)=O)NC1CCCNC1. The van der Waals surface area contributed by atoms with Crippen LogP contribution in [0.1, 0.15) is 26.2 Å². The highest BCUT2D eigenvalue weighted by Gasteiger charge is 2.14. The second-order valence-electron chi connectivity index (χ2n) is 4.18. The Hall–Kier alpha value is 0.0700. The van der Waals surface area contributed by atoms with Crippen molar-refractivity contribution in [1.29, 1.82) is 0 Å². The Balaban J connectivity index is 2.11. The first kappa shape index (κ1) is 12.1. The number of rotatable bonds is 5. The molecule has 1 saturated heterocycles. The molecule has 1 aliphatic rings. The maximum absolute atomic E-state index is 10.9. The van der Waals surface area contributed by atoms with Crippen molar-refractivity contribution in [2.24, 2.45) is 0 Å². The van der Waals surface area contributed by atoms with Crippen LogP contribution in [0.4, 0.5) is 0 Å². The molecule has 0 aromatic heterocycles. The predicted octanol–water partition coefficient (Wildman–Crippen LogP) is 0.485. The lowest BCUT2D eigenvalue weighted by molar-refractivity contribution is 0.355. The third-order valence-electron chi connectivity index (χ3n) is 2.66. The third kappa shape index (κ3) is 5.08. The van der Waals surface area contributed by atoms with Crippen LogP contribution in [-0.2, 0) is 10.8 Å². The minimum Gasteiger partial charge on any atom is -0.315 e. The lowest BCUT2D eigenvalue weighted by atomic mass is 10.1. The monoisotopic (exact) mass is 218 g/mol. The van der Waals surface area contributed by atoms with Crippen molar-refractivity contribution in [3.05, 3.63) is 0 Å².